The third-order valence-corrected chi connectivity index (χ3v) is 3.52. The van der Waals surface area contributed by atoms with Crippen molar-refractivity contribution in [3.63, 3.8) is 0 Å². The summed E-state index contributed by atoms with van der Waals surface area (Å²) in [4.78, 5) is 12.4. The molecule has 5 heteroatoms. The third-order valence-electron chi connectivity index (χ3n) is 3.28. The predicted octanol–water partition coefficient (Wildman–Crippen LogP) is 2.61. The monoisotopic (exact) mass is 296 g/mol. The first-order chi connectivity index (χ1) is 9.70. The van der Waals surface area contributed by atoms with Gasteiger partial charge < -0.3 is 15.4 Å². The van der Waals surface area contributed by atoms with Crippen LogP contribution in [-0.4, -0.2) is 31.6 Å². The first kappa shape index (κ1) is 15.1. The van der Waals surface area contributed by atoms with Crippen LogP contribution in [0.1, 0.15) is 36.5 Å². The molecule has 1 atom stereocenters. The Hall–Kier alpha value is -1.26. The normalized spacial score (nSPS) is 18.6. The van der Waals surface area contributed by atoms with Gasteiger partial charge in [-0.15, -0.1) is 0 Å². The van der Waals surface area contributed by atoms with Gasteiger partial charge in [-0.05, 0) is 44.0 Å². The number of halogens is 1. The number of nitrogens with one attached hydrogen (secondary N) is 2. The summed E-state index contributed by atoms with van der Waals surface area (Å²) in [7, 11) is 0. The van der Waals surface area contributed by atoms with Crippen molar-refractivity contribution in [3.05, 3.63) is 28.8 Å². The van der Waals surface area contributed by atoms with E-state index in [0.717, 1.165) is 32.4 Å². The summed E-state index contributed by atoms with van der Waals surface area (Å²) >= 11 is 5.99. The van der Waals surface area contributed by atoms with Crippen LogP contribution in [0, 0.1) is 0 Å². The average molecular weight is 297 g/mol. The molecule has 1 aliphatic rings. The second-order valence-corrected chi connectivity index (χ2v) is 5.44. The first-order valence-electron chi connectivity index (χ1n) is 7.14. The smallest absolute Gasteiger partial charge is 0.255 e. The summed E-state index contributed by atoms with van der Waals surface area (Å²) in [5.74, 6) is 0.477. The molecule has 2 rings (SSSR count). The molecule has 1 saturated heterocycles. The minimum absolute atomic E-state index is 0.118. The van der Waals surface area contributed by atoms with Crippen LogP contribution in [0.4, 0.5) is 0 Å². The Kier molecular flexibility index (Phi) is 5.68. The Bertz CT molecular complexity index is 459. The summed E-state index contributed by atoms with van der Waals surface area (Å²) in [6.45, 7) is 4.46. The molecule has 20 heavy (non-hydrogen) atoms. The number of hydrogen-bond acceptors (Lipinski definition) is 3. The van der Waals surface area contributed by atoms with Gasteiger partial charge in [0.25, 0.3) is 5.91 Å². The summed E-state index contributed by atoms with van der Waals surface area (Å²) in [6.07, 6.45) is 2.99. The van der Waals surface area contributed by atoms with Crippen molar-refractivity contribution in [2.24, 2.45) is 0 Å². The third kappa shape index (κ3) is 4.12. The average Bonchev–Trinajstić information content (AvgIpc) is 2.47. The number of carbonyl (C=O) groups excluding carboxylic acids is 1. The molecule has 1 aliphatic heterocycles. The molecule has 1 heterocycles. The van der Waals surface area contributed by atoms with Crippen molar-refractivity contribution < 1.29 is 9.53 Å². The molecule has 110 valence electrons. The van der Waals surface area contributed by atoms with E-state index in [4.69, 9.17) is 16.3 Å². The van der Waals surface area contributed by atoms with Crippen LogP contribution in [0.5, 0.6) is 5.75 Å². The fourth-order valence-corrected chi connectivity index (χ4v) is 2.43. The maximum Gasteiger partial charge on any atom is 0.255 e. The van der Waals surface area contributed by atoms with E-state index >= 15 is 0 Å². The van der Waals surface area contributed by atoms with Gasteiger partial charge in [-0.3, -0.25) is 4.79 Å². The highest BCUT2D eigenvalue weighted by Gasteiger charge is 2.19. The quantitative estimate of drug-likeness (QED) is 0.878. The standard InChI is InChI=1S/C15H21ClN2O2/c1-2-8-20-14-6-5-11(16)9-13(14)15(19)18-12-4-3-7-17-10-12/h5-6,9,12,17H,2-4,7-8,10H2,1H3,(H,18,19). The molecule has 0 spiro atoms. The van der Waals surface area contributed by atoms with Crippen molar-refractivity contribution >= 4 is 17.5 Å². The van der Waals surface area contributed by atoms with Crippen LogP contribution >= 0.6 is 11.6 Å². The van der Waals surface area contributed by atoms with Crippen LogP contribution in [0.15, 0.2) is 18.2 Å². The molecule has 1 aromatic rings. The van der Waals surface area contributed by atoms with Crippen molar-refractivity contribution in [1.29, 1.82) is 0 Å². The van der Waals surface area contributed by atoms with E-state index in [2.05, 4.69) is 10.6 Å². The van der Waals surface area contributed by atoms with Gasteiger partial charge >= 0.3 is 0 Å². The number of carbonyl (C=O) groups is 1. The summed E-state index contributed by atoms with van der Waals surface area (Å²) in [5, 5.41) is 6.86. The Morgan fingerprint density at radius 1 is 1.55 bits per heavy atom. The molecule has 1 fully saturated rings. The lowest BCUT2D eigenvalue weighted by Gasteiger charge is -2.24. The molecule has 0 saturated carbocycles. The van der Waals surface area contributed by atoms with Gasteiger partial charge in [-0.1, -0.05) is 18.5 Å². The van der Waals surface area contributed by atoms with Gasteiger partial charge in [0.05, 0.1) is 12.2 Å². The SMILES string of the molecule is CCCOc1ccc(Cl)cc1C(=O)NC1CCCNC1. The molecule has 0 bridgehead atoms. The Labute approximate surface area is 124 Å². The molecular formula is C15H21ClN2O2. The van der Waals surface area contributed by atoms with Gasteiger partial charge in [0.1, 0.15) is 5.75 Å². The van der Waals surface area contributed by atoms with Crippen LogP contribution < -0.4 is 15.4 Å². The van der Waals surface area contributed by atoms with Crippen molar-refractivity contribution in [3.8, 4) is 5.75 Å². The molecule has 1 aromatic carbocycles. The van der Waals surface area contributed by atoms with Crippen molar-refractivity contribution in [2.45, 2.75) is 32.2 Å². The van der Waals surface area contributed by atoms with Gasteiger partial charge in [-0.25, -0.2) is 0 Å². The lowest BCUT2D eigenvalue weighted by molar-refractivity contribution is 0.0926. The Morgan fingerprint density at radius 3 is 3.10 bits per heavy atom. The van der Waals surface area contributed by atoms with E-state index in [1.807, 2.05) is 6.92 Å². The number of hydrogen-bond donors (Lipinski definition) is 2. The number of ether oxygens (including phenoxy) is 1. The Balaban J connectivity index is 2.08. The van der Waals surface area contributed by atoms with E-state index in [1.54, 1.807) is 18.2 Å². The summed E-state index contributed by atoms with van der Waals surface area (Å²) in [6, 6.07) is 5.34. The maximum absolute atomic E-state index is 12.4. The highest BCUT2D eigenvalue weighted by molar-refractivity contribution is 6.31. The summed E-state index contributed by atoms with van der Waals surface area (Å²) in [5.41, 5.74) is 0.511. The van der Waals surface area contributed by atoms with Crippen LogP contribution in [-0.2, 0) is 0 Å². The highest BCUT2D eigenvalue weighted by Crippen LogP contribution is 2.23. The number of amides is 1. The fourth-order valence-electron chi connectivity index (χ4n) is 2.26. The van der Waals surface area contributed by atoms with Gasteiger partial charge in [0.2, 0.25) is 0 Å². The molecule has 0 aliphatic carbocycles. The van der Waals surface area contributed by atoms with Gasteiger partial charge in [0.15, 0.2) is 0 Å². The Morgan fingerprint density at radius 2 is 2.40 bits per heavy atom. The van der Waals surface area contributed by atoms with E-state index in [-0.39, 0.29) is 11.9 Å². The van der Waals surface area contributed by atoms with Crippen LogP contribution in [0.3, 0.4) is 0 Å². The minimum atomic E-state index is -0.118. The fraction of sp³-hybridized carbons (Fsp3) is 0.533. The van der Waals surface area contributed by atoms with Crippen LogP contribution in [0.2, 0.25) is 5.02 Å². The minimum Gasteiger partial charge on any atom is -0.493 e. The van der Waals surface area contributed by atoms with Gasteiger partial charge in [0, 0.05) is 17.6 Å². The largest absolute Gasteiger partial charge is 0.493 e. The molecule has 0 radical (unpaired) electrons. The predicted molar refractivity (Wildman–Crippen MR) is 80.6 cm³/mol. The second kappa shape index (κ2) is 7.50. The maximum atomic E-state index is 12.4. The van der Waals surface area contributed by atoms with Crippen molar-refractivity contribution in [1.82, 2.24) is 10.6 Å². The lowest BCUT2D eigenvalue weighted by atomic mass is 10.1. The molecule has 4 nitrogen and oxygen atoms in total. The second-order valence-electron chi connectivity index (χ2n) is 5.01. The van der Waals surface area contributed by atoms with Gasteiger partial charge in [-0.2, -0.15) is 0 Å². The molecular weight excluding hydrogens is 276 g/mol. The lowest BCUT2D eigenvalue weighted by Crippen LogP contribution is -2.45. The molecule has 1 amide bonds. The van der Waals surface area contributed by atoms with E-state index in [0.29, 0.717) is 22.9 Å². The van der Waals surface area contributed by atoms with E-state index < -0.39 is 0 Å². The molecule has 1 unspecified atom stereocenters. The number of rotatable bonds is 5. The summed E-state index contributed by atoms with van der Waals surface area (Å²) < 4.78 is 5.62. The van der Waals surface area contributed by atoms with Crippen molar-refractivity contribution in [2.75, 3.05) is 19.7 Å². The zero-order chi connectivity index (χ0) is 14.4. The number of benzene rings is 1. The van der Waals surface area contributed by atoms with E-state index in [9.17, 15) is 4.79 Å². The van der Waals surface area contributed by atoms with E-state index in [1.165, 1.54) is 0 Å². The molecule has 0 aromatic heterocycles. The zero-order valence-electron chi connectivity index (χ0n) is 11.7. The highest BCUT2D eigenvalue weighted by atomic mass is 35.5. The zero-order valence-corrected chi connectivity index (χ0v) is 12.5. The number of piperidine rings is 1. The van der Waals surface area contributed by atoms with Crippen LogP contribution in [0.25, 0.3) is 0 Å². The first-order valence-corrected chi connectivity index (χ1v) is 7.52. The molecule has 2 N–H and O–H groups in total. The topological polar surface area (TPSA) is 50.4 Å².